The highest BCUT2D eigenvalue weighted by atomic mass is 79.9. The van der Waals surface area contributed by atoms with E-state index in [9.17, 15) is 4.79 Å². The zero-order valence-corrected chi connectivity index (χ0v) is 13.5. The van der Waals surface area contributed by atoms with E-state index >= 15 is 0 Å². The van der Waals surface area contributed by atoms with Crippen molar-refractivity contribution >= 4 is 33.4 Å². The quantitative estimate of drug-likeness (QED) is 0.741. The smallest absolute Gasteiger partial charge is 0.257 e. The van der Waals surface area contributed by atoms with Gasteiger partial charge in [0.1, 0.15) is 5.75 Å². The molecular formula is C13H17BrClNO3. The lowest BCUT2D eigenvalue weighted by Crippen LogP contribution is -2.34. The van der Waals surface area contributed by atoms with Crippen molar-refractivity contribution in [3.05, 3.63) is 28.2 Å². The first kappa shape index (κ1) is 16.3. The Kier molecular flexibility index (Phi) is 6.62. The van der Waals surface area contributed by atoms with E-state index in [0.29, 0.717) is 24.5 Å². The average Bonchev–Trinajstić information content (AvgIpc) is 2.37. The lowest BCUT2D eigenvalue weighted by Gasteiger charge is -2.21. The van der Waals surface area contributed by atoms with E-state index < -0.39 is 0 Å². The Morgan fingerprint density at radius 1 is 1.47 bits per heavy atom. The van der Waals surface area contributed by atoms with Crippen molar-refractivity contribution in [1.29, 1.82) is 0 Å². The van der Waals surface area contributed by atoms with Crippen LogP contribution in [0.5, 0.6) is 5.75 Å². The molecule has 0 saturated heterocycles. The molecule has 0 heterocycles. The highest BCUT2D eigenvalue weighted by molar-refractivity contribution is 9.10. The first-order valence-electron chi connectivity index (χ1n) is 5.71. The normalized spacial score (nSPS) is 12.1. The van der Waals surface area contributed by atoms with E-state index in [1.807, 2.05) is 0 Å². The number of carbonyl (C=O) groups is 1. The maximum absolute atomic E-state index is 12.3. The number of hydrogen-bond acceptors (Lipinski definition) is 3. The number of methoxy groups -OCH3 is 2. The fraction of sp³-hybridized carbons (Fsp3) is 0.462. The van der Waals surface area contributed by atoms with Crippen LogP contribution in [0.4, 0.5) is 0 Å². The molecule has 1 unspecified atom stereocenters. The summed E-state index contributed by atoms with van der Waals surface area (Å²) >= 11 is 9.39. The summed E-state index contributed by atoms with van der Waals surface area (Å²) in [5.41, 5.74) is 0.509. The van der Waals surface area contributed by atoms with Gasteiger partial charge in [0.15, 0.2) is 0 Å². The van der Waals surface area contributed by atoms with Crippen LogP contribution in [0.25, 0.3) is 0 Å². The second kappa shape index (κ2) is 7.72. The Hall–Kier alpha value is -0.780. The number of nitrogens with zero attached hydrogens (tertiary/aromatic N) is 1. The van der Waals surface area contributed by atoms with Gasteiger partial charge in [0.2, 0.25) is 0 Å². The highest BCUT2D eigenvalue weighted by Crippen LogP contribution is 2.24. The van der Waals surface area contributed by atoms with Crippen LogP contribution < -0.4 is 4.74 Å². The molecule has 0 bridgehead atoms. The van der Waals surface area contributed by atoms with Crippen molar-refractivity contribution in [2.45, 2.75) is 5.38 Å². The van der Waals surface area contributed by atoms with Crippen LogP contribution in [0.3, 0.4) is 0 Å². The summed E-state index contributed by atoms with van der Waals surface area (Å²) in [6, 6.07) is 5.28. The summed E-state index contributed by atoms with van der Waals surface area (Å²) in [4.78, 5) is 13.9. The molecule has 1 rings (SSSR count). The fourth-order valence-electron chi connectivity index (χ4n) is 1.66. The molecule has 1 aromatic rings. The van der Waals surface area contributed by atoms with E-state index in [4.69, 9.17) is 21.1 Å². The Balaban J connectivity index is 2.82. The molecule has 1 aromatic carbocycles. The third kappa shape index (κ3) is 4.67. The average molecular weight is 351 g/mol. The van der Waals surface area contributed by atoms with E-state index in [-0.39, 0.29) is 11.3 Å². The molecule has 0 aliphatic heterocycles. The zero-order chi connectivity index (χ0) is 14.4. The number of rotatable bonds is 6. The molecule has 1 atom stereocenters. The number of carbonyl (C=O) groups excluding carboxylic acids is 1. The molecule has 0 radical (unpaired) electrons. The van der Waals surface area contributed by atoms with Gasteiger partial charge in [-0.2, -0.15) is 0 Å². The molecule has 19 heavy (non-hydrogen) atoms. The van der Waals surface area contributed by atoms with Crippen LogP contribution in [0.1, 0.15) is 10.4 Å². The van der Waals surface area contributed by atoms with Gasteiger partial charge in [-0.1, -0.05) is 15.9 Å². The van der Waals surface area contributed by atoms with E-state index in [1.165, 1.54) is 7.11 Å². The van der Waals surface area contributed by atoms with Crippen LogP contribution in [0, 0.1) is 0 Å². The van der Waals surface area contributed by atoms with Gasteiger partial charge < -0.3 is 14.4 Å². The summed E-state index contributed by atoms with van der Waals surface area (Å²) < 4.78 is 11.0. The van der Waals surface area contributed by atoms with Crippen LogP contribution in [0.2, 0.25) is 0 Å². The second-order valence-corrected chi connectivity index (χ2v) is 5.62. The topological polar surface area (TPSA) is 38.8 Å². The Morgan fingerprint density at radius 3 is 2.74 bits per heavy atom. The number of ether oxygens (including phenoxy) is 2. The Labute approximate surface area is 126 Å². The van der Waals surface area contributed by atoms with Crippen LogP contribution in [-0.2, 0) is 4.74 Å². The summed E-state index contributed by atoms with van der Waals surface area (Å²) in [6.45, 7) is 0.810. The predicted octanol–water partition coefficient (Wildman–Crippen LogP) is 2.78. The van der Waals surface area contributed by atoms with Gasteiger partial charge in [-0.3, -0.25) is 4.79 Å². The second-order valence-electron chi connectivity index (χ2n) is 4.08. The van der Waals surface area contributed by atoms with Gasteiger partial charge >= 0.3 is 0 Å². The van der Waals surface area contributed by atoms with Gasteiger partial charge in [0.05, 0.1) is 24.7 Å². The van der Waals surface area contributed by atoms with Crippen molar-refractivity contribution in [3.63, 3.8) is 0 Å². The maximum Gasteiger partial charge on any atom is 0.257 e. The molecule has 6 heteroatoms. The molecular weight excluding hydrogens is 334 g/mol. The van der Waals surface area contributed by atoms with Crippen LogP contribution in [0.15, 0.2) is 22.7 Å². The molecule has 0 aromatic heterocycles. The van der Waals surface area contributed by atoms with Crippen molar-refractivity contribution in [3.8, 4) is 5.75 Å². The molecule has 4 nitrogen and oxygen atoms in total. The van der Waals surface area contributed by atoms with Crippen molar-refractivity contribution in [2.24, 2.45) is 0 Å². The van der Waals surface area contributed by atoms with Gasteiger partial charge in [-0.15, -0.1) is 11.6 Å². The standard InChI is InChI=1S/C13H17BrClNO3/c1-16(7-10(15)8-18-2)13(17)11-5-4-9(14)6-12(11)19-3/h4-6,10H,7-8H2,1-3H3. The first-order chi connectivity index (χ1) is 8.99. The van der Waals surface area contributed by atoms with E-state index in [1.54, 1.807) is 37.3 Å². The van der Waals surface area contributed by atoms with Gasteiger partial charge in [-0.25, -0.2) is 0 Å². The summed E-state index contributed by atoms with van der Waals surface area (Å²) in [5, 5.41) is -0.236. The first-order valence-corrected chi connectivity index (χ1v) is 6.94. The molecule has 106 valence electrons. The molecule has 0 fully saturated rings. The van der Waals surface area contributed by atoms with E-state index in [0.717, 1.165) is 4.47 Å². The monoisotopic (exact) mass is 349 g/mol. The highest BCUT2D eigenvalue weighted by Gasteiger charge is 2.19. The maximum atomic E-state index is 12.3. The number of halogens is 2. The van der Waals surface area contributed by atoms with Crippen molar-refractivity contribution in [1.82, 2.24) is 4.90 Å². The minimum absolute atomic E-state index is 0.133. The number of benzene rings is 1. The summed E-state index contributed by atoms with van der Waals surface area (Å²) in [7, 11) is 4.82. The number of hydrogen-bond donors (Lipinski definition) is 0. The lowest BCUT2D eigenvalue weighted by atomic mass is 10.1. The van der Waals surface area contributed by atoms with Gasteiger partial charge in [-0.05, 0) is 18.2 Å². The Bertz CT molecular complexity index is 442. The molecule has 0 aliphatic carbocycles. The minimum Gasteiger partial charge on any atom is -0.496 e. The van der Waals surface area contributed by atoms with Gasteiger partial charge in [0, 0.05) is 25.2 Å². The minimum atomic E-state index is -0.236. The van der Waals surface area contributed by atoms with E-state index in [2.05, 4.69) is 15.9 Å². The zero-order valence-electron chi connectivity index (χ0n) is 11.2. The van der Waals surface area contributed by atoms with Crippen LogP contribution >= 0.6 is 27.5 Å². The molecule has 0 aliphatic rings. The predicted molar refractivity (Wildman–Crippen MR) is 79.2 cm³/mol. The lowest BCUT2D eigenvalue weighted by molar-refractivity contribution is 0.0778. The van der Waals surface area contributed by atoms with Crippen molar-refractivity contribution < 1.29 is 14.3 Å². The number of amides is 1. The SMILES string of the molecule is COCC(Cl)CN(C)C(=O)c1ccc(Br)cc1OC. The third-order valence-electron chi connectivity index (χ3n) is 2.56. The Morgan fingerprint density at radius 2 is 2.16 bits per heavy atom. The van der Waals surface area contributed by atoms with Crippen LogP contribution in [-0.4, -0.2) is 50.6 Å². The molecule has 0 spiro atoms. The molecule has 1 amide bonds. The molecule has 0 saturated carbocycles. The molecule has 0 N–H and O–H groups in total. The van der Waals surface area contributed by atoms with Gasteiger partial charge in [0.25, 0.3) is 5.91 Å². The summed E-state index contributed by atoms with van der Waals surface area (Å²) in [6.07, 6.45) is 0. The summed E-state index contributed by atoms with van der Waals surface area (Å²) in [5.74, 6) is 0.398. The van der Waals surface area contributed by atoms with Crippen molar-refractivity contribution in [2.75, 3.05) is 34.4 Å². The fourth-order valence-corrected chi connectivity index (χ4v) is 2.33. The number of alkyl halides is 1. The third-order valence-corrected chi connectivity index (χ3v) is 3.32. The largest absolute Gasteiger partial charge is 0.496 e.